The third-order valence-electron chi connectivity index (χ3n) is 5.53. The molecule has 0 spiro atoms. The van der Waals surface area contributed by atoms with Gasteiger partial charge < -0.3 is 14.7 Å². The Hall–Kier alpha value is -2.63. The van der Waals surface area contributed by atoms with Crippen LogP contribution in [0.15, 0.2) is 30.3 Å². The molecular weight excluding hydrogens is 342 g/mol. The zero-order valence-electron chi connectivity index (χ0n) is 15.5. The van der Waals surface area contributed by atoms with Gasteiger partial charge in [0.2, 0.25) is 17.7 Å². The number of nitrogens with zero attached hydrogens (tertiary/aromatic N) is 3. The molecule has 0 N–H and O–H groups in total. The van der Waals surface area contributed by atoms with E-state index in [-0.39, 0.29) is 23.6 Å². The Morgan fingerprint density at radius 2 is 1.59 bits per heavy atom. The van der Waals surface area contributed by atoms with Gasteiger partial charge in [-0.05, 0) is 43.0 Å². The molecule has 0 radical (unpaired) electrons. The number of amides is 3. The highest BCUT2D eigenvalue weighted by molar-refractivity contribution is 5.95. The molecule has 2 aliphatic heterocycles. The Kier molecular flexibility index (Phi) is 4.97. The smallest absolute Gasteiger partial charge is 0.246 e. The van der Waals surface area contributed by atoms with Crippen molar-refractivity contribution in [2.24, 2.45) is 5.92 Å². The van der Waals surface area contributed by atoms with E-state index in [1.807, 2.05) is 29.2 Å². The van der Waals surface area contributed by atoms with Crippen molar-refractivity contribution >= 4 is 29.5 Å². The van der Waals surface area contributed by atoms with Gasteiger partial charge in [0.25, 0.3) is 0 Å². The highest BCUT2D eigenvalue weighted by atomic mass is 16.2. The van der Waals surface area contributed by atoms with Gasteiger partial charge in [-0.25, -0.2) is 0 Å². The molecule has 1 saturated carbocycles. The second-order valence-electron chi connectivity index (χ2n) is 7.50. The van der Waals surface area contributed by atoms with Crippen molar-refractivity contribution in [3.05, 3.63) is 35.9 Å². The van der Waals surface area contributed by atoms with E-state index in [1.165, 1.54) is 0 Å². The lowest BCUT2D eigenvalue weighted by Crippen LogP contribution is -2.50. The summed E-state index contributed by atoms with van der Waals surface area (Å²) in [5.41, 5.74) is 1.85. The average molecular weight is 367 g/mol. The fourth-order valence-electron chi connectivity index (χ4n) is 3.70. The SMILES string of the molecule is O=C(/C=C/c1ccc(N2CCCC2=O)cc1)N1CCN(C(=O)C2CC2)CC1. The van der Waals surface area contributed by atoms with Crippen LogP contribution in [0, 0.1) is 5.92 Å². The van der Waals surface area contributed by atoms with Crippen molar-refractivity contribution in [2.75, 3.05) is 37.6 Å². The molecule has 6 nitrogen and oxygen atoms in total. The number of hydrogen-bond donors (Lipinski definition) is 0. The molecular formula is C21H25N3O3. The van der Waals surface area contributed by atoms with E-state index < -0.39 is 0 Å². The summed E-state index contributed by atoms with van der Waals surface area (Å²) in [6.45, 7) is 3.23. The van der Waals surface area contributed by atoms with Crippen LogP contribution in [0.3, 0.4) is 0 Å². The molecule has 6 heteroatoms. The predicted molar refractivity (Wildman–Crippen MR) is 103 cm³/mol. The molecule has 0 atom stereocenters. The normalized spacial score (nSPS) is 20.6. The number of carbonyl (C=O) groups excluding carboxylic acids is 3. The summed E-state index contributed by atoms with van der Waals surface area (Å²) >= 11 is 0. The number of hydrogen-bond acceptors (Lipinski definition) is 3. The molecule has 1 aromatic carbocycles. The minimum Gasteiger partial charge on any atom is -0.339 e. The number of anilines is 1. The first-order valence-electron chi connectivity index (χ1n) is 9.78. The molecule has 2 heterocycles. The van der Waals surface area contributed by atoms with Gasteiger partial charge in [-0.3, -0.25) is 14.4 Å². The molecule has 0 unspecified atom stereocenters. The zero-order valence-corrected chi connectivity index (χ0v) is 15.5. The third kappa shape index (κ3) is 4.04. The quantitative estimate of drug-likeness (QED) is 0.764. The summed E-state index contributed by atoms with van der Waals surface area (Å²) in [6, 6.07) is 7.71. The highest BCUT2D eigenvalue weighted by Gasteiger charge is 2.34. The summed E-state index contributed by atoms with van der Waals surface area (Å²) < 4.78 is 0. The average Bonchev–Trinajstić information content (AvgIpc) is 3.47. The van der Waals surface area contributed by atoms with Gasteiger partial charge >= 0.3 is 0 Å². The summed E-state index contributed by atoms with van der Waals surface area (Å²) in [5.74, 6) is 0.653. The largest absolute Gasteiger partial charge is 0.339 e. The van der Waals surface area contributed by atoms with Crippen LogP contribution in [-0.4, -0.2) is 60.2 Å². The van der Waals surface area contributed by atoms with Crippen molar-refractivity contribution in [1.82, 2.24) is 9.80 Å². The third-order valence-corrected chi connectivity index (χ3v) is 5.53. The van der Waals surface area contributed by atoms with Crippen LogP contribution in [0.2, 0.25) is 0 Å². The molecule has 2 saturated heterocycles. The van der Waals surface area contributed by atoms with Crippen LogP contribution in [-0.2, 0) is 14.4 Å². The van der Waals surface area contributed by atoms with E-state index in [0.29, 0.717) is 32.6 Å². The van der Waals surface area contributed by atoms with Crippen LogP contribution in [0.25, 0.3) is 6.08 Å². The van der Waals surface area contributed by atoms with E-state index in [9.17, 15) is 14.4 Å². The van der Waals surface area contributed by atoms with E-state index >= 15 is 0 Å². The van der Waals surface area contributed by atoms with Crippen molar-refractivity contribution < 1.29 is 14.4 Å². The second-order valence-corrected chi connectivity index (χ2v) is 7.50. The Morgan fingerprint density at radius 3 is 2.19 bits per heavy atom. The van der Waals surface area contributed by atoms with E-state index in [1.54, 1.807) is 22.0 Å². The Morgan fingerprint density at radius 1 is 0.926 bits per heavy atom. The summed E-state index contributed by atoms with van der Waals surface area (Å²) in [7, 11) is 0. The number of benzene rings is 1. The van der Waals surface area contributed by atoms with Crippen molar-refractivity contribution in [1.29, 1.82) is 0 Å². The monoisotopic (exact) mass is 367 g/mol. The van der Waals surface area contributed by atoms with Crippen LogP contribution in [0.5, 0.6) is 0 Å². The summed E-state index contributed by atoms with van der Waals surface area (Å²) in [4.78, 5) is 41.8. The van der Waals surface area contributed by atoms with Crippen LogP contribution in [0.4, 0.5) is 5.69 Å². The minimum absolute atomic E-state index is 0.0210. The van der Waals surface area contributed by atoms with Gasteiger partial charge in [-0.1, -0.05) is 12.1 Å². The van der Waals surface area contributed by atoms with Crippen LogP contribution < -0.4 is 4.90 Å². The maximum Gasteiger partial charge on any atom is 0.246 e. The van der Waals surface area contributed by atoms with E-state index in [4.69, 9.17) is 0 Å². The molecule has 4 rings (SSSR count). The Balaban J connectivity index is 1.29. The molecule has 3 fully saturated rings. The number of piperazine rings is 1. The van der Waals surface area contributed by atoms with Gasteiger partial charge in [0.15, 0.2) is 0 Å². The first-order chi connectivity index (χ1) is 13.1. The fraction of sp³-hybridized carbons (Fsp3) is 0.476. The van der Waals surface area contributed by atoms with E-state index in [2.05, 4.69) is 0 Å². The lowest BCUT2D eigenvalue weighted by molar-refractivity contribution is -0.138. The fourth-order valence-corrected chi connectivity index (χ4v) is 3.70. The summed E-state index contributed by atoms with van der Waals surface area (Å²) in [6.07, 6.45) is 6.97. The minimum atomic E-state index is -0.0210. The predicted octanol–water partition coefficient (Wildman–Crippen LogP) is 1.91. The van der Waals surface area contributed by atoms with Crippen LogP contribution in [0.1, 0.15) is 31.2 Å². The van der Waals surface area contributed by atoms with Crippen LogP contribution >= 0.6 is 0 Å². The molecule has 142 valence electrons. The Labute approximate surface area is 159 Å². The molecule has 0 bridgehead atoms. The lowest BCUT2D eigenvalue weighted by Gasteiger charge is -2.34. The van der Waals surface area contributed by atoms with Gasteiger partial charge in [0.1, 0.15) is 0 Å². The maximum absolute atomic E-state index is 12.4. The second kappa shape index (κ2) is 7.55. The number of rotatable bonds is 4. The molecule has 27 heavy (non-hydrogen) atoms. The molecule has 1 aliphatic carbocycles. The highest BCUT2D eigenvalue weighted by Crippen LogP contribution is 2.31. The summed E-state index contributed by atoms with van der Waals surface area (Å²) in [5, 5.41) is 0. The maximum atomic E-state index is 12.4. The van der Waals surface area contributed by atoms with Crippen molar-refractivity contribution in [3.8, 4) is 0 Å². The van der Waals surface area contributed by atoms with E-state index in [0.717, 1.165) is 37.1 Å². The topological polar surface area (TPSA) is 60.9 Å². The molecule has 0 aromatic heterocycles. The zero-order chi connectivity index (χ0) is 18.8. The molecule has 3 amide bonds. The van der Waals surface area contributed by atoms with Gasteiger partial charge in [-0.15, -0.1) is 0 Å². The molecule has 3 aliphatic rings. The first-order valence-corrected chi connectivity index (χ1v) is 9.78. The van der Waals surface area contributed by atoms with Gasteiger partial charge in [-0.2, -0.15) is 0 Å². The lowest BCUT2D eigenvalue weighted by atomic mass is 10.1. The first kappa shape index (κ1) is 17.8. The molecule has 1 aromatic rings. The number of carbonyl (C=O) groups is 3. The standard InChI is InChI=1S/C21H25N3O3/c25-19(22-12-14-23(15-13-22)21(27)17-6-7-17)10-5-16-3-8-18(9-4-16)24-11-1-2-20(24)26/h3-5,8-10,17H,1-2,6-7,11-15H2/b10-5+. The van der Waals surface area contributed by atoms with Gasteiger partial charge in [0, 0.05) is 56.8 Å². The Bertz CT molecular complexity index is 759. The van der Waals surface area contributed by atoms with Gasteiger partial charge in [0.05, 0.1) is 0 Å². The van der Waals surface area contributed by atoms with Crippen molar-refractivity contribution in [2.45, 2.75) is 25.7 Å². The van der Waals surface area contributed by atoms with Crippen molar-refractivity contribution in [3.63, 3.8) is 0 Å².